The molecule has 1 heterocycles. The summed E-state index contributed by atoms with van der Waals surface area (Å²) in [6.07, 6.45) is 2.80. The van der Waals surface area contributed by atoms with Gasteiger partial charge in [0.25, 0.3) is 0 Å². The van der Waals surface area contributed by atoms with Crippen molar-refractivity contribution in [1.29, 1.82) is 0 Å². The fourth-order valence-corrected chi connectivity index (χ4v) is 3.63. The summed E-state index contributed by atoms with van der Waals surface area (Å²) < 4.78 is 5.48. The van der Waals surface area contributed by atoms with E-state index in [-0.39, 0.29) is 30.7 Å². The highest BCUT2D eigenvalue weighted by Gasteiger charge is 2.27. The molecule has 7 heteroatoms. The molecule has 1 fully saturated rings. The third-order valence-corrected chi connectivity index (χ3v) is 5.23. The number of nitrogens with two attached hydrogens (primary N) is 1. The van der Waals surface area contributed by atoms with Crippen molar-refractivity contribution in [3.05, 3.63) is 35.9 Å². The first-order valence-electron chi connectivity index (χ1n) is 9.54. The molecule has 1 aromatic rings. The highest BCUT2D eigenvalue weighted by atomic mass is 35.5. The van der Waals surface area contributed by atoms with Gasteiger partial charge in [0, 0.05) is 25.7 Å². The second-order valence-corrected chi connectivity index (χ2v) is 6.83. The van der Waals surface area contributed by atoms with Crippen molar-refractivity contribution < 1.29 is 9.53 Å². The third kappa shape index (κ3) is 8.36. The van der Waals surface area contributed by atoms with Gasteiger partial charge in [-0.05, 0) is 17.9 Å². The SMILES string of the molecule is CCC(CC)C(CNC(=O)C(N)Cc1ccccc1)N1CCOCC1.Cl.Cl. The van der Waals surface area contributed by atoms with E-state index < -0.39 is 6.04 Å². The molecule has 0 spiro atoms. The summed E-state index contributed by atoms with van der Waals surface area (Å²) in [5.74, 6) is 0.511. The van der Waals surface area contributed by atoms with E-state index in [1.54, 1.807) is 0 Å². The van der Waals surface area contributed by atoms with Crippen molar-refractivity contribution in [2.75, 3.05) is 32.8 Å². The average molecular weight is 420 g/mol. The quantitative estimate of drug-likeness (QED) is 0.645. The van der Waals surface area contributed by atoms with Gasteiger partial charge in [-0.15, -0.1) is 24.8 Å². The summed E-state index contributed by atoms with van der Waals surface area (Å²) in [5, 5.41) is 3.10. The lowest BCUT2D eigenvalue weighted by Gasteiger charge is -2.39. The molecule has 156 valence electrons. The van der Waals surface area contributed by atoms with Gasteiger partial charge in [0.05, 0.1) is 19.3 Å². The van der Waals surface area contributed by atoms with E-state index >= 15 is 0 Å². The van der Waals surface area contributed by atoms with Gasteiger partial charge in [0.2, 0.25) is 5.91 Å². The predicted molar refractivity (Wildman–Crippen MR) is 116 cm³/mol. The molecule has 3 N–H and O–H groups in total. The number of carbonyl (C=O) groups is 1. The minimum Gasteiger partial charge on any atom is -0.379 e. The van der Waals surface area contributed by atoms with E-state index in [1.165, 1.54) is 0 Å². The minimum absolute atomic E-state index is 0. The first-order valence-corrected chi connectivity index (χ1v) is 9.54. The molecule has 1 aliphatic heterocycles. The number of halogens is 2. The second kappa shape index (κ2) is 14.2. The van der Waals surface area contributed by atoms with Crippen molar-refractivity contribution in [2.45, 2.75) is 45.2 Å². The van der Waals surface area contributed by atoms with Gasteiger partial charge in [-0.25, -0.2) is 0 Å². The number of carbonyl (C=O) groups excluding carboxylic acids is 1. The fourth-order valence-electron chi connectivity index (χ4n) is 3.63. The van der Waals surface area contributed by atoms with Gasteiger partial charge in [-0.2, -0.15) is 0 Å². The van der Waals surface area contributed by atoms with Gasteiger partial charge in [-0.1, -0.05) is 57.0 Å². The van der Waals surface area contributed by atoms with Crippen molar-refractivity contribution in [3.8, 4) is 0 Å². The van der Waals surface area contributed by atoms with Gasteiger partial charge in [0.15, 0.2) is 0 Å². The van der Waals surface area contributed by atoms with Crippen LogP contribution in [-0.2, 0) is 16.0 Å². The first kappa shape index (κ1) is 26.1. The number of hydrogen-bond acceptors (Lipinski definition) is 4. The lowest BCUT2D eigenvalue weighted by atomic mass is 9.92. The molecule has 1 aromatic carbocycles. The molecule has 2 rings (SSSR count). The molecule has 1 saturated heterocycles. The number of nitrogens with one attached hydrogen (secondary N) is 1. The fraction of sp³-hybridized carbons (Fsp3) is 0.650. The summed E-state index contributed by atoms with van der Waals surface area (Å²) >= 11 is 0. The molecule has 0 bridgehead atoms. The molecule has 0 radical (unpaired) electrons. The van der Waals surface area contributed by atoms with Crippen LogP contribution in [0.4, 0.5) is 0 Å². The van der Waals surface area contributed by atoms with Crippen LogP contribution in [0.25, 0.3) is 0 Å². The molecule has 0 aromatic heterocycles. The number of ether oxygens (including phenoxy) is 1. The summed E-state index contributed by atoms with van der Waals surface area (Å²) in [6, 6.07) is 9.78. The third-order valence-electron chi connectivity index (χ3n) is 5.23. The highest BCUT2D eigenvalue weighted by molar-refractivity contribution is 5.85. The Kier molecular flexibility index (Phi) is 13.7. The average Bonchev–Trinajstić information content (AvgIpc) is 2.66. The van der Waals surface area contributed by atoms with Crippen molar-refractivity contribution in [3.63, 3.8) is 0 Å². The number of nitrogens with zero attached hydrogens (tertiary/aromatic N) is 1. The van der Waals surface area contributed by atoms with Crippen LogP contribution in [0.2, 0.25) is 0 Å². The highest BCUT2D eigenvalue weighted by Crippen LogP contribution is 2.19. The first-order chi connectivity index (χ1) is 12.2. The number of hydrogen-bond donors (Lipinski definition) is 2. The molecular formula is C20H35Cl2N3O2. The van der Waals surface area contributed by atoms with Crippen LogP contribution in [0, 0.1) is 5.92 Å². The molecule has 5 nitrogen and oxygen atoms in total. The van der Waals surface area contributed by atoms with Gasteiger partial charge in [-0.3, -0.25) is 9.69 Å². The largest absolute Gasteiger partial charge is 0.379 e. The monoisotopic (exact) mass is 419 g/mol. The van der Waals surface area contributed by atoms with Gasteiger partial charge < -0.3 is 15.8 Å². The number of morpholine rings is 1. The Balaban J connectivity index is 0.00000338. The smallest absolute Gasteiger partial charge is 0.237 e. The van der Waals surface area contributed by atoms with Crippen LogP contribution in [0.5, 0.6) is 0 Å². The summed E-state index contributed by atoms with van der Waals surface area (Å²) in [7, 11) is 0. The van der Waals surface area contributed by atoms with Gasteiger partial charge in [0.1, 0.15) is 0 Å². The Labute approximate surface area is 176 Å². The van der Waals surface area contributed by atoms with Crippen LogP contribution in [0.1, 0.15) is 32.3 Å². The van der Waals surface area contributed by atoms with E-state index in [0.717, 1.165) is 44.7 Å². The Morgan fingerprint density at radius 2 is 1.74 bits per heavy atom. The predicted octanol–water partition coefficient (Wildman–Crippen LogP) is 2.65. The van der Waals surface area contributed by atoms with Crippen LogP contribution in [-0.4, -0.2) is 55.7 Å². The zero-order valence-corrected chi connectivity index (χ0v) is 18.1. The molecule has 2 unspecified atom stereocenters. The minimum atomic E-state index is -0.505. The summed E-state index contributed by atoms with van der Waals surface area (Å²) in [4.78, 5) is 14.9. The zero-order valence-electron chi connectivity index (χ0n) is 16.4. The van der Waals surface area contributed by atoms with E-state index in [2.05, 4.69) is 24.1 Å². The van der Waals surface area contributed by atoms with Crippen molar-refractivity contribution in [2.24, 2.45) is 11.7 Å². The van der Waals surface area contributed by atoms with E-state index in [0.29, 0.717) is 24.9 Å². The Bertz CT molecular complexity index is 509. The summed E-state index contributed by atoms with van der Waals surface area (Å²) in [6.45, 7) is 8.54. The molecular weight excluding hydrogens is 385 g/mol. The zero-order chi connectivity index (χ0) is 18.1. The van der Waals surface area contributed by atoms with Gasteiger partial charge >= 0.3 is 0 Å². The molecule has 1 amide bonds. The Hall–Kier alpha value is -0.850. The summed E-state index contributed by atoms with van der Waals surface area (Å²) in [5.41, 5.74) is 7.20. The standard InChI is InChI=1S/C20H33N3O2.2ClH/c1-3-17(4-2)19(23-10-12-25-13-11-23)15-22-20(24)18(21)14-16-8-6-5-7-9-16;;/h5-9,17-19H,3-4,10-15,21H2,1-2H3,(H,22,24);2*1H. The van der Waals surface area contributed by atoms with Crippen LogP contribution in [0.15, 0.2) is 30.3 Å². The lowest BCUT2D eigenvalue weighted by Crippen LogP contribution is -2.53. The maximum absolute atomic E-state index is 12.5. The Morgan fingerprint density at radius 3 is 2.30 bits per heavy atom. The van der Waals surface area contributed by atoms with Crippen LogP contribution in [0.3, 0.4) is 0 Å². The Morgan fingerprint density at radius 1 is 1.15 bits per heavy atom. The van der Waals surface area contributed by atoms with Crippen molar-refractivity contribution >= 4 is 30.7 Å². The topological polar surface area (TPSA) is 67.6 Å². The number of benzene rings is 1. The van der Waals surface area contributed by atoms with E-state index in [4.69, 9.17) is 10.5 Å². The lowest BCUT2D eigenvalue weighted by molar-refractivity contribution is -0.122. The molecule has 27 heavy (non-hydrogen) atoms. The maximum Gasteiger partial charge on any atom is 0.237 e. The number of rotatable bonds is 9. The molecule has 0 saturated carbocycles. The molecule has 0 aliphatic carbocycles. The van der Waals surface area contributed by atoms with Crippen LogP contribution < -0.4 is 11.1 Å². The van der Waals surface area contributed by atoms with Crippen molar-refractivity contribution in [1.82, 2.24) is 10.2 Å². The maximum atomic E-state index is 12.5. The molecule has 1 aliphatic rings. The van der Waals surface area contributed by atoms with Crippen LogP contribution >= 0.6 is 24.8 Å². The number of amides is 1. The normalized spacial score (nSPS) is 16.7. The second-order valence-electron chi connectivity index (χ2n) is 6.83. The van der Waals surface area contributed by atoms with E-state index in [1.807, 2.05) is 30.3 Å². The van der Waals surface area contributed by atoms with E-state index in [9.17, 15) is 4.79 Å². The molecule has 2 atom stereocenters.